The van der Waals surface area contributed by atoms with E-state index in [9.17, 15) is 9.18 Å². The van der Waals surface area contributed by atoms with Gasteiger partial charge in [-0.05, 0) is 44.1 Å². The van der Waals surface area contributed by atoms with Crippen LogP contribution in [0, 0.1) is 11.7 Å². The number of benzene rings is 1. The topological polar surface area (TPSA) is 55.6 Å². The molecular weight excluding hydrogens is 331 g/mol. The molecule has 4 nitrogen and oxygen atoms in total. The highest BCUT2D eigenvalue weighted by Gasteiger charge is 2.47. The van der Waals surface area contributed by atoms with Crippen LogP contribution >= 0.6 is 12.4 Å². The maximum Gasteiger partial charge on any atom is 0.230 e. The Morgan fingerprint density at radius 3 is 2.62 bits per heavy atom. The molecule has 3 aliphatic rings. The van der Waals surface area contributed by atoms with Gasteiger partial charge in [-0.15, -0.1) is 12.4 Å². The standard InChI is InChI=1S/C18H23FN2O2.ClH/c19-15-3-1-2-13-14(6-11-23-16(13)15)17(22)21-9-4-12(5-10-21)18(20)7-8-18;/h1-3,12,14H,4-11,20H2;1H/t14-;/m1./s1. The lowest BCUT2D eigenvalue weighted by Crippen LogP contribution is -2.46. The zero-order chi connectivity index (χ0) is 16.0. The number of likely N-dealkylation sites (tertiary alicyclic amines) is 1. The van der Waals surface area contributed by atoms with Gasteiger partial charge < -0.3 is 15.4 Å². The van der Waals surface area contributed by atoms with Gasteiger partial charge in [0.05, 0.1) is 12.5 Å². The molecule has 0 bridgehead atoms. The molecule has 6 heteroatoms. The van der Waals surface area contributed by atoms with Gasteiger partial charge in [0.25, 0.3) is 0 Å². The molecule has 0 unspecified atom stereocenters. The molecule has 0 spiro atoms. The van der Waals surface area contributed by atoms with Crippen molar-refractivity contribution in [3.8, 4) is 5.75 Å². The van der Waals surface area contributed by atoms with Gasteiger partial charge in [-0.3, -0.25) is 4.79 Å². The predicted molar refractivity (Wildman–Crippen MR) is 92.0 cm³/mol. The number of nitrogens with zero attached hydrogens (tertiary/aromatic N) is 1. The molecule has 1 aromatic rings. The van der Waals surface area contributed by atoms with Gasteiger partial charge in [-0.2, -0.15) is 0 Å². The summed E-state index contributed by atoms with van der Waals surface area (Å²) < 4.78 is 19.3. The maximum absolute atomic E-state index is 13.9. The number of carbonyl (C=O) groups excluding carboxylic acids is 1. The van der Waals surface area contributed by atoms with Gasteiger partial charge in [0, 0.05) is 24.2 Å². The number of carbonyl (C=O) groups is 1. The number of fused-ring (bicyclic) bond motifs is 1. The Morgan fingerprint density at radius 1 is 1.25 bits per heavy atom. The molecule has 0 radical (unpaired) electrons. The molecule has 1 saturated carbocycles. The van der Waals surface area contributed by atoms with E-state index in [1.165, 1.54) is 6.07 Å². The smallest absolute Gasteiger partial charge is 0.230 e. The van der Waals surface area contributed by atoms with Gasteiger partial charge in [0.1, 0.15) is 0 Å². The zero-order valence-corrected chi connectivity index (χ0v) is 14.5. The fraction of sp³-hybridized carbons (Fsp3) is 0.611. The molecule has 2 aliphatic heterocycles. The summed E-state index contributed by atoms with van der Waals surface area (Å²) in [5, 5.41) is 0. The Hall–Kier alpha value is -1.33. The highest BCUT2D eigenvalue weighted by atomic mass is 35.5. The SMILES string of the molecule is Cl.NC1(C2CCN(C(=O)[C@@H]3CCOc4c(F)cccc43)CC2)CC1. The molecule has 2 fully saturated rings. The second-order valence-electron chi connectivity index (χ2n) is 7.18. The van der Waals surface area contributed by atoms with Crippen LogP contribution in [0.15, 0.2) is 18.2 Å². The van der Waals surface area contributed by atoms with Crippen LogP contribution in [0.4, 0.5) is 4.39 Å². The van der Waals surface area contributed by atoms with Crippen LogP contribution in [0.1, 0.15) is 43.6 Å². The van der Waals surface area contributed by atoms with E-state index in [2.05, 4.69) is 0 Å². The van der Waals surface area contributed by atoms with E-state index in [1.807, 2.05) is 11.0 Å². The van der Waals surface area contributed by atoms with E-state index in [1.54, 1.807) is 6.07 Å². The number of ether oxygens (including phenoxy) is 1. The third-order valence-electron chi connectivity index (χ3n) is 5.77. The molecule has 1 aliphatic carbocycles. The first-order chi connectivity index (χ1) is 11.1. The first-order valence-electron chi connectivity index (χ1n) is 8.57. The quantitative estimate of drug-likeness (QED) is 0.888. The van der Waals surface area contributed by atoms with E-state index in [0.29, 0.717) is 24.5 Å². The maximum atomic E-state index is 13.9. The Labute approximate surface area is 147 Å². The molecule has 0 aromatic heterocycles. The number of piperidine rings is 1. The van der Waals surface area contributed by atoms with Crippen LogP contribution in [0.2, 0.25) is 0 Å². The fourth-order valence-corrected chi connectivity index (χ4v) is 4.09. The summed E-state index contributed by atoms with van der Waals surface area (Å²) in [5.74, 6) is 0.258. The average Bonchev–Trinajstić information content (AvgIpc) is 3.33. The van der Waals surface area contributed by atoms with Gasteiger partial charge >= 0.3 is 0 Å². The lowest BCUT2D eigenvalue weighted by Gasteiger charge is -2.37. The lowest BCUT2D eigenvalue weighted by molar-refractivity contribution is -0.135. The monoisotopic (exact) mass is 354 g/mol. The average molecular weight is 355 g/mol. The summed E-state index contributed by atoms with van der Waals surface area (Å²) in [6.45, 7) is 1.93. The Morgan fingerprint density at radius 2 is 1.96 bits per heavy atom. The van der Waals surface area contributed by atoms with Crippen LogP contribution < -0.4 is 10.5 Å². The molecule has 2 heterocycles. The summed E-state index contributed by atoms with van der Waals surface area (Å²) in [6.07, 6.45) is 4.84. The normalized spacial score (nSPS) is 25.2. The minimum absolute atomic E-state index is 0. The molecule has 2 N–H and O–H groups in total. The molecule has 1 amide bonds. The second kappa shape index (κ2) is 6.52. The zero-order valence-electron chi connectivity index (χ0n) is 13.7. The van der Waals surface area contributed by atoms with E-state index >= 15 is 0 Å². The number of hydrogen-bond donors (Lipinski definition) is 1. The Bertz CT molecular complexity index is 627. The number of nitrogens with two attached hydrogens (primary N) is 1. The van der Waals surface area contributed by atoms with Crippen LogP contribution in [0.25, 0.3) is 0 Å². The van der Waals surface area contributed by atoms with Crippen molar-refractivity contribution in [1.82, 2.24) is 4.90 Å². The molecule has 24 heavy (non-hydrogen) atoms. The van der Waals surface area contributed by atoms with Gasteiger partial charge in [-0.25, -0.2) is 4.39 Å². The summed E-state index contributed by atoms with van der Waals surface area (Å²) in [7, 11) is 0. The number of halogens is 2. The lowest BCUT2D eigenvalue weighted by atomic mass is 9.86. The summed E-state index contributed by atoms with van der Waals surface area (Å²) in [5.41, 5.74) is 7.04. The molecule has 4 rings (SSSR count). The Kier molecular flexibility index (Phi) is 4.76. The summed E-state index contributed by atoms with van der Waals surface area (Å²) in [4.78, 5) is 14.9. The first kappa shape index (κ1) is 17.5. The van der Waals surface area contributed by atoms with Crippen LogP contribution in [0.5, 0.6) is 5.75 Å². The summed E-state index contributed by atoms with van der Waals surface area (Å²) in [6, 6.07) is 4.85. The van der Waals surface area contributed by atoms with E-state index in [-0.39, 0.29) is 41.3 Å². The molecule has 1 saturated heterocycles. The Balaban J connectivity index is 0.00000169. The largest absolute Gasteiger partial charge is 0.490 e. The van der Waals surface area contributed by atoms with Crippen molar-refractivity contribution in [2.45, 2.75) is 43.6 Å². The second-order valence-corrected chi connectivity index (χ2v) is 7.18. The molecular formula is C18H24ClFN2O2. The van der Waals surface area contributed by atoms with Crippen LogP contribution in [0.3, 0.4) is 0 Å². The van der Waals surface area contributed by atoms with Crippen molar-refractivity contribution < 1.29 is 13.9 Å². The minimum Gasteiger partial charge on any atom is -0.490 e. The van der Waals surface area contributed by atoms with E-state index in [4.69, 9.17) is 10.5 Å². The van der Waals surface area contributed by atoms with Crippen LogP contribution in [-0.2, 0) is 4.79 Å². The summed E-state index contributed by atoms with van der Waals surface area (Å²) >= 11 is 0. The van der Waals surface area contributed by atoms with Crippen molar-refractivity contribution in [2.75, 3.05) is 19.7 Å². The fourth-order valence-electron chi connectivity index (χ4n) is 4.09. The van der Waals surface area contributed by atoms with Crippen molar-refractivity contribution in [1.29, 1.82) is 0 Å². The highest BCUT2D eigenvalue weighted by molar-refractivity contribution is 5.85. The minimum atomic E-state index is -0.377. The number of hydrogen-bond acceptors (Lipinski definition) is 3. The molecule has 1 atom stereocenters. The number of para-hydroxylation sites is 1. The van der Waals surface area contributed by atoms with Crippen molar-refractivity contribution in [2.24, 2.45) is 11.7 Å². The predicted octanol–water partition coefficient (Wildman–Crippen LogP) is 2.84. The van der Waals surface area contributed by atoms with Gasteiger partial charge in [0.15, 0.2) is 11.6 Å². The first-order valence-corrected chi connectivity index (χ1v) is 8.57. The number of amides is 1. The number of rotatable bonds is 2. The molecule has 132 valence electrons. The van der Waals surface area contributed by atoms with E-state index in [0.717, 1.165) is 38.8 Å². The van der Waals surface area contributed by atoms with Crippen molar-refractivity contribution in [3.05, 3.63) is 29.6 Å². The van der Waals surface area contributed by atoms with Crippen molar-refractivity contribution >= 4 is 18.3 Å². The molecule has 1 aromatic carbocycles. The van der Waals surface area contributed by atoms with Crippen molar-refractivity contribution in [3.63, 3.8) is 0 Å². The van der Waals surface area contributed by atoms with Crippen LogP contribution in [-0.4, -0.2) is 36.0 Å². The van der Waals surface area contributed by atoms with Gasteiger partial charge in [-0.1, -0.05) is 12.1 Å². The van der Waals surface area contributed by atoms with E-state index < -0.39 is 0 Å². The third-order valence-corrected chi connectivity index (χ3v) is 5.77. The highest BCUT2D eigenvalue weighted by Crippen LogP contribution is 2.44. The third kappa shape index (κ3) is 3.00. The van der Waals surface area contributed by atoms with Gasteiger partial charge in [0.2, 0.25) is 5.91 Å².